The molecule has 3 N–H and O–H groups in total. The second kappa shape index (κ2) is 8.82. The van der Waals surface area contributed by atoms with E-state index >= 15 is 0 Å². The molecule has 3 amide bonds. The first-order valence-corrected chi connectivity index (χ1v) is 10.0. The number of amides is 3. The van der Waals surface area contributed by atoms with Crippen LogP contribution in [0.5, 0.6) is 0 Å². The predicted molar refractivity (Wildman–Crippen MR) is 114 cm³/mol. The van der Waals surface area contributed by atoms with Gasteiger partial charge >= 0.3 is 0 Å². The third-order valence-corrected chi connectivity index (χ3v) is 5.33. The van der Waals surface area contributed by atoms with Crippen molar-refractivity contribution in [2.24, 2.45) is 5.92 Å². The topological polar surface area (TPSA) is 94.3 Å². The van der Waals surface area contributed by atoms with Gasteiger partial charge in [-0.2, -0.15) is 0 Å². The molecular formula is C23H24N4O3. The quantitative estimate of drug-likeness (QED) is 0.526. The summed E-state index contributed by atoms with van der Waals surface area (Å²) in [6.45, 7) is 1.58. The van der Waals surface area contributed by atoms with E-state index in [0.29, 0.717) is 31.7 Å². The number of hydrogen-bond donors (Lipinski definition) is 3. The zero-order valence-corrected chi connectivity index (χ0v) is 16.6. The Labute approximate surface area is 174 Å². The fraction of sp³-hybridized carbons (Fsp3) is 0.261. The number of aromatic amines is 1. The smallest absolute Gasteiger partial charge is 0.251 e. The number of rotatable bonds is 7. The van der Waals surface area contributed by atoms with Crippen molar-refractivity contribution in [1.82, 2.24) is 20.5 Å². The highest BCUT2D eigenvalue weighted by molar-refractivity contribution is 5.98. The second-order valence-corrected chi connectivity index (χ2v) is 7.49. The van der Waals surface area contributed by atoms with Crippen molar-refractivity contribution in [3.05, 3.63) is 71.9 Å². The molecule has 1 aliphatic heterocycles. The Balaban J connectivity index is 1.21. The molecule has 2 heterocycles. The number of hydrogen-bond acceptors (Lipinski definition) is 3. The van der Waals surface area contributed by atoms with Gasteiger partial charge in [0.15, 0.2) is 0 Å². The lowest BCUT2D eigenvalue weighted by Gasteiger charge is -2.16. The van der Waals surface area contributed by atoms with Crippen LogP contribution in [0.2, 0.25) is 0 Å². The van der Waals surface area contributed by atoms with E-state index in [2.05, 4.69) is 15.6 Å². The van der Waals surface area contributed by atoms with E-state index in [1.807, 2.05) is 54.7 Å². The zero-order valence-electron chi connectivity index (χ0n) is 16.6. The number of H-pyrrole nitrogens is 1. The third kappa shape index (κ3) is 4.51. The molecule has 1 fully saturated rings. The maximum Gasteiger partial charge on any atom is 0.251 e. The molecule has 0 saturated carbocycles. The van der Waals surface area contributed by atoms with Crippen molar-refractivity contribution < 1.29 is 14.4 Å². The van der Waals surface area contributed by atoms with Gasteiger partial charge in [-0.05, 0) is 29.8 Å². The lowest BCUT2D eigenvalue weighted by molar-refractivity contribution is -0.129. The summed E-state index contributed by atoms with van der Waals surface area (Å²) in [5.41, 5.74) is 2.60. The Hall–Kier alpha value is -3.61. The molecule has 2 aromatic carbocycles. The van der Waals surface area contributed by atoms with Crippen LogP contribution in [0.25, 0.3) is 10.9 Å². The molecule has 7 nitrogen and oxygen atoms in total. The van der Waals surface area contributed by atoms with Gasteiger partial charge in [-0.1, -0.05) is 30.3 Å². The first-order valence-electron chi connectivity index (χ1n) is 10.0. The number of benzene rings is 2. The minimum Gasteiger partial charge on any atom is -0.361 e. The zero-order chi connectivity index (χ0) is 20.9. The van der Waals surface area contributed by atoms with Crippen LogP contribution < -0.4 is 10.6 Å². The van der Waals surface area contributed by atoms with Crippen LogP contribution in [-0.2, 0) is 16.1 Å². The minimum atomic E-state index is -0.354. The average molecular weight is 404 g/mol. The predicted octanol–water partition coefficient (Wildman–Crippen LogP) is 2.06. The van der Waals surface area contributed by atoms with Crippen molar-refractivity contribution >= 4 is 28.6 Å². The number of carbonyl (C=O) groups is 3. The molecule has 0 bridgehead atoms. The summed E-state index contributed by atoms with van der Waals surface area (Å²) in [6, 6.07) is 17.1. The van der Waals surface area contributed by atoms with E-state index < -0.39 is 0 Å². The van der Waals surface area contributed by atoms with Gasteiger partial charge in [0.1, 0.15) is 0 Å². The number of aromatic nitrogens is 1. The highest BCUT2D eigenvalue weighted by atomic mass is 16.2. The van der Waals surface area contributed by atoms with E-state index in [-0.39, 0.29) is 30.1 Å². The molecule has 1 aromatic heterocycles. The summed E-state index contributed by atoms with van der Waals surface area (Å²) >= 11 is 0. The molecule has 0 radical (unpaired) electrons. The number of fused-ring (bicyclic) bond motifs is 1. The Morgan fingerprint density at radius 3 is 2.67 bits per heavy atom. The van der Waals surface area contributed by atoms with Crippen LogP contribution in [0, 0.1) is 5.92 Å². The van der Waals surface area contributed by atoms with Crippen molar-refractivity contribution in [3.8, 4) is 0 Å². The first kappa shape index (κ1) is 19.7. The summed E-state index contributed by atoms with van der Waals surface area (Å²) in [5.74, 6) is -0.695. The van der Waals surface area contributed by atoms with Crippen LogP contribution in [0.3, 0.4) is 0 Å². The van der Waals surface area contributed by atoms with Crippen LogP contribution in [0.1, 0.15) is 22.3 Å². The molecular weight excluding hydrogens is 380 g/mol. The van der Waals surface area contributed by atoms with Gasteiger partial charge in [0.2, 0.25) is 11.8 Å². The minimum absolute atomic E-state index is 0.00699. The van der Waals surface area contributed by atoms with Gasteiger partial charge in [-0.25, -0.2) is 0 Å². The lowest BCUT2D eigenvalue weighted by atomic mass is 10.1. The Morgan fingerprint density at radius 1 is 1.03 bits per heavy atom. The van der Waals surface area contributed by atoms with Crippen LogP contribution in [0.4, 0.5) is 0 Å². The lowest BCUT2D eigenvalue weighted by Crippen LogP contribution is -2.38. The van der Waals surface area contributed by atoms with Gasteiger partial charge in [-0.3, -0.25) is 14.4 Å². The summed E-state index contributed by atoms with van der Waals surface area (Å²) in [7, 11) is 0. The van der Waals surface area contributed by atoms with Gasteiger partial charge in [-0.15, -0.1) is 0 Å². The fourth-order valence-corrected chi connectivity index (χ4v) is 3.71. The number of nitrogens with one attached hydrogen (secondary N) is 3. The van der Waals surface area contributed by atoms with Crippen molar-refractivity contribution in [2.75, 3.05) is 19.6 Å². The SMILES string of the molecule is O=C(NCCNC(=O)[C@@H]1CC(=O)N(Cc2ccccc2)C1)c1ccc2[nH]ccc2c1. The average Bonchev–Trinajstić information content (AvgIpc) is 3.37. The van der Waals surface area contributed by atoms with Gasteiger partial charge in [0.05, 0.1) is 5.92 Å². The monoisotopic (exact) mass is 404 g/mol. The molecule has 1 saturated heterocycles. The highest BCUT2D eigenvalue weighted by Crippen LogP contribution is 2.20. The highest BCUT2D eigenvalue weighted by Gasteiger charge is 2.33. The molecule has 154 valence electrons. The van der Waals surface area contributed by atoms with Gasteiger partial charge < -0.3 is 20.5 Å². The van der Waals surface area contributed by atoms with E-state index in [1.165, 1.54) is 0 Å². The molecule has 3 aromatic rings. The molecule has 1 aliphatic rings. The molecule has 7 heteroatoms. The molecule has 1 atom stereocenters. The van der Waals surface area contributed by atoms with E-state index in [4.69, 9.17) is 0 Å². The summed E-state index contributed by atoms with van der Waals surface area (Å²) < 4.78 is 0. The largest absolute Gasteiger partial charge is 0.361 e. The summed E-state index contributed by atoms with van der Waals surface area (Å²) in [5, 5.41) is 6.61. The van der Waals surface area contributed by atoms with Gasteiger partial charge in [0, 0.05) is 55.3 Å². The van der Waals surface area contributed by atoms with Crippen LogP contribution in [0.15, 0.2) is 60.8 Å². The Morgan fingerprint density at radius 2 is 1.83 bits per heavy atom. The molecule has 30 heavy (non-hydrogen) atoms. The Kier molecular flexibility index (Phi) is 5.79. The maximum absolute atomic E-state index is 12.4. The molecule has 4 rings (SSSR count). The first-order chi connectivity index (χ1) is 14.6. The van der Waals surface area contributed by atoms with E-state index in [9.17, 15) is 14.4 Å². The van der Waals surface area contributed by atoms with Crippen molar-refractivity contribution in [1.29, 1.82) is 0 Å². The fourth-order valence-electron chi connectivity index (χ4n) is 3.71. The maximum atomic E-state index is 12.4. The van der Waals surface area contributed by atoms with E-state index in [1.54, 1.807) is 11.0 Å². The van der Waals surface area contributed by atoms with Crippen molar-refractivity contribution in [3.63, 3.8) is 0 Å². The summed E-state index contributed by atoms with van der Waals surface area (Å²) in [6.07, 6.45) is 2.05. The normalized spacial score (nSPS) is 16.1. The second-order valence-electron chi connectivity index (χ2n) is 7.49. The Bertz CT molecular complexity index is 1060. The molecule has 0 aliphatic carbocycles. The standard InChI is InChI=1S/C23H24N4O3/c28-21-13-19(15-27(21)14-16-4-2-1-3-5-16)23(30)26-11-10-25-22(29)18-6-7-20-17(12-18)8-9-24-20/h1-9,12,19,24H,10-11,13-15H2,(H,25,29)(H,26,30)/t19-/m1/s1. The number of likely N-dealkylation sites (tertiary alicyclic amines) is 1. The van der Waals surface area contributed by atoms with Crippen LogP contribution in [-0.4, -0.2) is 47.2 Å². The molecule has 0 unspecified atom stereocenters. The summed E-state index contributed by atoms with van der Waals surface area (Å²) in [4.78, 5) is 41.7. The third-order valence-electron chi connectivity index (χ3n) is 5.33. The molecule has 0 spiro atoms. The van der Waals surface area contributed by atoms with E-state index in [0.717, 1.165) is 16.5 Å². The number of carbonyl (C=O) groups excluding carboxylic acids is 3. The number of nitrogens with zero attached hydrogens (tertiary/aromatic N) is 1. The van der Waals surface area contributed by atoms with Crippen molar-refractivity contribution in [2.45, 2.75) is 13.0 Å². The van der Waals surface area contributed by atoms with Crippen LogP contribution >= 0.6 is 0 Å². The van der Waals surface area contributed by atoms with Gasteiger partial charge in [0.25, 0.3) is 5.91 Å².